The molecule has 142 valence electrons. The number of rotatable bonds is 5. The Morgan fingerprint density at radius 3 is 2.63 bits per heavy atom. The average molecular weight is 405 g/mol. The number of hydrogen-bond donors (Lipinski definition) is 1. The monoisotopic (exact) mass is 404 g/mol. The molecule has 0 spiro atoms. The lowest BCUT2D eigenvalue weighted by Crippen LogP contribution is -2.28. The molecule has 1 N–H and O–H groups in total. The van der Waals surface area contributed by atoms with Crippen LogP contribution in [0.1, 0.15) is 23.4 Å². The van der Waals surface area contributed by atoms with Gasteiger partial charge in [0, 0.05) is 5.69 Å². The molecule has 0 bridgehead atoms. The van der Waals surface area contributed by atoms with Gasteiger partial charge in [-0.25, -0.2) is 0 Å². The maximum atomic E-state index is 12.6. The van der Waals surface area contributed by atoms with E-state index in [-0.39, 0.29) is 17.2 Å². The zero-order valence-electron chi connectivity index (χ0n) is 15.4. The van der Waals surface area contributed by atoms with Gasteiger partial charge in [0.2, 0.25) is 11.8 Å². The van der Waals surface area contributed by atoms with Crippen LogP contribution in [0.3, 0.4) is 0 Å². The SMILES string of the molecule is COc1ccc(C)cc1N1C(=O)CS[C@H]1c1ccc(NC(=O)[C@H](C)Cl)cc1. The van der Waals surface area contributed by atoms with E-state index >= 15 is 0 Å². The second-order valence-electron chi connectivity index (χ2n) is 6.33. The molecule has 0 unspecified atom stereocenters. The second kappa shape index (κ2) is 8.23. The second-order valence-corrected chi connectivity index (χ2v) is 8.05. The number of nitrogens with one attached hydrogen (secondary N) is 1. The van der Waals surface area contributed by atoms with E-state index in [1.54, 1.807) is 30.7 Å². The third-order valence-electron chi connectivity index (χ3n) is 4.29. The number of carbonyl (C=O) groups excluding carboxylic acids is 2. The summed E-state index contributed by atoms with van der Waals surface area (Å²) < 4.78 is 5.47. The Morgan fingerprint density at radius 1 is 1.30 bits per heavy atom. The van der Waals surface area contributed by atoms with Crippen LogP contribution in [0, 0.1) is 6.92 Å². The molecule has 0 saturated carbocycles. The summed E-state index contributed by atoms with van der Waals surface area (Å²) >= 11 is 7.35. The van der Waals surface area contributed by atoms with Crippen molar-refractivity contribution in [2.24, 2.45) is 0 Å². The van der Waals surface area contributed by atoms with Crippen molar-refractivity contribution in [1.29, 1.82) is 0 Å². The standard InChI is InChI=1S/C20H21ClN2O3S/c1-12-4-9-17(26-3)16(10-12)23-18(24)11-27-20(23)14-5-7-15(8-6-14)22-19(25)13(2)21/h4-10,13,20H,11H2,1-3H3,(H,22,25)/t13-,20-/m0/s1. The molecule has 5 nitrogen and oxygen atoms in total. The Kier molecular flexibility index (Phi) is 5.97. The van der Waals surface area contributed by atoms with Crippen LogP contribution in [0.4, 0.5) is 11.4 Å². The fourth-order valence-corrected chi connectivity index (χ4v) is 4.12. The van der Waals surface area contributed by atoms with Crippen LogP contribution in [-0.2, 0) is 9.59 Å². The highest BCUT2D eigenvalue weighted by Gasteiger charge is 2.35. The number of hydrogen-bond acceptors (Lipinski definition) is 4. The van der Waals surface area contributed by atoms with Gasteiger partial charge in [0.25, 0.3) is 0 Å². The van der Waals surface area contributed by atoms with Crippen molar-refractivity contribution < 1.29 is 14.3 Å². The molecule has 2 aromatic carbocycles. The minimum Gasteiger partial charge on any atom is -0.495 e. The lowest BCUT2D eigenvalue weighted by Gasteiger charge is -2.26. The first kappa shape index (κ1) is 19.6. The summed E-state index contributed by atoms with van der Waals surface area (Å²) in [5.41, 5.74) is 3.48. The molecule has 0 aliphatic carbocycles. The van der Waals surface area contributed by atoms with Gasteiger partial charge in [0.15, 0.2) is 0 Å². The van der Waals surface area contributed by atoms with E-state index in [2.05, 4.69) is 5.32 Å². The Morgan fingerprint density at radius 2 is 2.00 bits per heavy atom. The van der Waals surface area contributed by atoms with Crippen LogP contribution in [-0.4, -0.2) is 30.1 Å². The van der Waals surface area contributed by atoms with E-state index in [4.69, 9.17) is 16.3 Å². The summed E-state index contributed by atoms with van der Waals surface area (Å²) in [6.45, 7) is 3.61. The average Bonchev–Trinajstić information content (AvgIpc) is 3.03. The minimum atomic E-state index is -0.600. The van der Waals surface area contributed by atoms with Gasteiger partial charge >= 0.3 is 0 Å². The first-order chi connectivity index (χ1) is 12.9. The molecule has 2 atom stereocenters. The number of methoxy groups -OCH3 is 1. The van der Waals surface area contributed by atoms with Crippen molar-refractivity contribution in [2.45, 2.75) is 24.6 Å². The Balaban J connectivity index is 1.89. The summed E-state index contributed by atoms with van der Waals surface area (Å²) in [4.78, 5) is 26.1. The van der Waals surface area contributed by atoms with E-state index in [0.717, 1.165) is 16.8 Å². The summed E-state index contributed by atoms with van der Waals surface area (Å²) in [6.07, 6.45) is 0. The van der Waals surface area contributed by atoms with Crippen LogP contribution < -0.4 is 15.0 Å². The molecular formula is C20H21ClN2O3S. The number of ether oxygens (including phenoxy) is 1. The number of amides is 2. The molecule has 1 heterocycles. The number of alkyl halides is 1. The van der Waals surface area contributed by atoms with Crippen LogP contribution in [0.2, 0.25) is 0 Å². The van der Waals surface area contributed by atoms with Crippen LogP contribution in [0.25, 0.3) is 0 Å². The Bertz CT molecular complexity index is 855. The molecule has 0 radical (unpaired) electrons. The highest BCUT2D eigenvalue weighted by Crippen LogP contribution is 2.45. The van der Waals surface area contributed by atoms with Crippen molar-refractivity contribution in [3.63, 3.8) is 0 Å². The van der Waals surface area contributed by atoms with Gasteiger partial charge in [-0.3, -0.25) is 14.5 Å². The smallest absolute Gasteiger partial charge is 0.242 e. The Hall–Kier alpha value is -2.18. The largest absolute Gasteiger partial charge is 0.495 e. The lowest BCUT2D eigenvalue weighted by atomic mass is 10.1. The highest BCUT2D eigenvalue weighted by molar-refractivity contribution is 8.00. The lowest BCUT2D eigenvalue weighted by molar-refractivity contribution is -0.116. The predicted octanol–water partition coefficient (Wildman–Crippen LogP) is 4.35. The van der Waals surface area contributed by atoms with Crippen LogP contribution in [0.5, 0.6) is 5.75 Å². The quantitative estimate of drug-likeness (QED) is 0.753. The molecular weight excluding hydrogens is 384 g/mol. The number of thioether (sulfide) groups is 1. The summed E-state index contributed by atoms with van der Waals surface area (Å²) in [7, 11) is 1.60. The van der Waals surface area contributed by atoms with Crippen molar-refractivity contribution >= 4 is 46.6 Å². The highest BCUT2D eigenvalue weighted by atomic mass is 35.5. The molecule has 2 amide bonds. The molecule has 0 aromatic heterocycles. The Labute approximate surface area is 168 Å². The third-order valence-corrected chi connectivity index (χ3v) is 5.70. The fraction of sp³-hybridized carbons (Fsp3) is 0.300. The molecule has 1 aliphatic heterocycles. The molecule has 2 aromatic rings. The maximum absolute atomic E-state index is 12.6. The summed E-state index contributed by atoms with van der Waals surface area (Å²) in [5, 5.41) is 2.01. The molecule has 1 aliphatic rings. The maximum Gasteiger partial charge on any atom is 0.242 e. The molecule has 7 heteroatoms. The molecule has 1 saturated heterocycles. The van der Waals surface area contributed by atoms with Gasteiger partial charge in [-0.1, -0.05) is 18.2 Å². The number of anilines is 2. The fourth-order valence-electron chi connectivity index (χ4n) is 2.89. The topological polar surface area (TPSA) is 58.6 Å². The zero-order valence-corrected chi connectivity index (χ0v) is 16.9. The van der Waals surface area contributed by atoms with E-state index in [1.165, 1.54) is 0 Å². The van der Waals surface area contributed by atoms with Gasteiger partial charge in [-0.2, -0.15) is 0 Å². The third kappa shape index (κ3) is 4.22. The minimum absolute atomic E-state index is 0.0437. The normalized spacial score (nSPS) is 17.7. The summed E-state index contributed by atoms with van der Waals surface area (Å²) in [6, 6.07) is 13.3. The number of nitrogens with zero attached hydrogens (tertiary/aromatic N) is 1. The first-order valence-corrected chi connectivity index (χ1v) is 10.0. The van der Waals surface area contributed by atoms with E-state index in [1.807, 2.05) is 49.4 Å². The van der Waals surface area contributed by atoms with E-state index in [0.29, 0.717) is 17.2 Å². The number of aryl methyl sites for hydroxylation is 1. The summed E-state index contributed by atoms with van der Waals surface area (Å²) in [5.74, 6) is 0.869. The van der Waals surface area contributed by atoms with Crippen molar-refractivity contribution in [3.8, 4) is 5.75 Å². The predicted molar refractivity (Wildman–Crippen MR) is 111 cm³/mol. The van der Waals surface area contributed by atoms with Gasteiger partial charge in [-0.05, 0) is 49.2 Å². The molecule has 27 heavy (non-hydrogen) atoms. The van der Waals surface area contributed by atoms with Crippen LogP contribution >= 0.6 is 23.4 Å². The zero-order chi connectivity index (χ0) is 19.6. The van der Waals surface area contributed by atoms with Gasteiger partial charge in [-0.15, -0.1) is 23.4 Å². The number of halogens is 1. The number of carbonyl (C=O) groups is 2. The van der Waals surface area contributed by atoms with E-state index in [9.17, 15) is 9.59 Å². The van der Waals surface area contributed by atoms with E-state index < -0.39 is 5.38 Å². The van der Waals surface area contributed by atoms with Crippen molar-refractivity contribution in [2.75, 3.05) is 23.1 Å². The molecule has 3 rings (SSSR count). The van der Waals surface area contributed by atoms with Gasteiger partial charge in [0.1, 0.15) is 16.5 Å². The van der Waals surface area contributed by atoms with Crippen LogP contribution in [0.15, 0.2) is 42.5 Å². The van der Waals surface area contributed by atoms with Gasteiger partial charge < -0.3 is 10.1 Å². The first-order valence-electron chi connectivity index (χ1n) is 8.54. The van der Waals surface area contributed by atoms with Crippen molar-refractivity contribution in [1.82, 2.24) is 0 Å². The molecule has 1 fully saturated rings. The number of benzene rings is 2. The van der Waals surface area contributed by atoms with Crippen molar-refractivity contribution in [3.05, 3.63) is 53.6 Å². The van der Waals surface area contributed by atoms with Gasteiger partial charge in [0.05, 0.1) is 18.6 Å².